The van der Waals surface area contributed by atoms with Crippen LogP contribution in [0.2, 0.25) is 0 Å². The van der Waals surface area contributed by atoms with Crippen molar-refractivity contribution in [1.82, 2.24) is 19.4 Å². The van der Waals surface area contributed by atoms with Gasteiger partial charge in [0.15, 0.2) is 0 Å². The average Bonchev–Trinajstić information content (AvgIpc) is 2.75. The second-order valence-electron chi connectivity index (χ2n) is 8.39. The van der Waals surface area contributed by atoms with E-state index in [0.29, 0.717) is 13.1 Å². The van der Waals surface area contributed by atoms with Gasteiger partial charge in [-0.2, -0.15) is 0 Å². The quantitative estimate of drug-likeness (QED) is 0.753. The summed E-state index contributed by atoms with van der Waals surface area (Å²) in [7, 11) is 0. The highest BCUT2D eigenvalue weighted by molar-refractivity contribution is 5.60. The lowest BCUT2D eigenvalue weighted by atomic mass is 10.1. The molecule has 0 aliphatic carbocycles. The van der Waals surface area contributed by atoms with E-state index in [2.05, 4.69) is 46.7 Å². The third-order valence-electron chi connectivity index (χ3n) is 6.37. The number of morpholine rings is 1. The number of aromatic nitrogens is 2. The molecule has 7 nitrogen and oxygen atoms in total. The monoisotopic (exact) mass is 411 g/mol. The van der Waals surface area contributed by atoms with Gasteiger partial charge in [-0.05, 0) is 50.5 Å². The van der Waals surface area contributed by atoms with Crippen molar-refractivity contribution in [2.24, 2.45) is 0 Å². The van der Waals surface area contributed by atoms with Crippen LogP contribution >= 0.6 is 0 Å². The summed E-state index contributed by atoms with van der Waals surface area (Å²) < 4.78 is 7.32. The maximum Gasteiger partial charge on any atom is 0.259 e. The minimum atomic E-state index is 0.0879. The first-order chi connectivity index (χ1) is 14.5. The van der Waals surface area contributed by atoms with Crippen LogP contribution < -0.4 is 10.5 Å². The largest absolute Gasteiger partial charge is 0.379 e. The Morgan fingerprint density at radius 1 is 1.00 bits per heavy atom. The minimum absolute atomic E-state index is 0.0879. The maximum absolute atomic E-state index is 13.3. The first-order valence-electron chi connectivity index (χ1n) is 11.0. The van der Waals surface area contributed by atoms with Crippen LogP contribution in [0.4, 0.5) is 11.6 Å². The Balaban J connectivity index is 1.67. The summed E-state index contributed by atoms with van der Waals surface area (Å²) in [5.41, 5.74) is 5.33. The molecule has 0 atom stereocenters. The van der Waals surface area contributed by atoms with E-state index in [0.717, 1.165) is 69.0 Å². The number of benzene rings is 1. The van der Waals surface area contributed by atoms with Gasteiger partial charge in [0, 0.05) is 43.1 Å². The number of nitrogens with zero attached hydrogens (tertiary/aromatic N) is 5. The molecule has 3 heterocycles. The molecule has 2 aromatic rings. The van der Waals surface area contributed by atoms with Crippen LogP contribution in [0.5, 0.6) is 0 Å². The predicted octanol–water partition coefficient (Wildman–Crippen LogP) is 2.43. The van der Waals surface area contributed by atoms with E-state index in [1.807, 2.05) is 18.4 Å². The molecule has 0 spiro atoms. The van der Waals surface area contributed by atoms with Crippen molar-refractivity contribution in [1.29, 1.82) is 0 Å². The zero-order chi connectivity index (χ0) is 21.3. The number of fused-ring (bicyclic) bond motifs is 1. The second kappa shape index (κ2) is 8.88. The lowest BCUT2D eigenvalue weighted by Gasteiger charge is -2.39. The lowest BCUT2D eigenvalue weighted by Crippen LogP contribution is -2.50. The smallest absolute Gasteiger partial charge is 0.259 e. The van der Waals surface area contributed by atoms with E-state index >= 15 is 0 Å². The number of rotatable bonds is 5. The maximum atomic E-state index is 13.3. The fourth-order valence-electron chi connectivity index (χ4n) is 4.27. The van der Waals surface area contributed by atoms with Crippen LogP contribution in [0.15, 0.2) is 23.0 Å². The van der Waals surface area contributed by atoms with Crippen LogP contribution in [0.3, 0.4) is 0 Å². The molecule has 0 amide bonds. The summed E-state index contributed by atoms with van der Waals surface area (Å²) in [6.45, 7) is 15.0. The van der Waals surface area contributed by atoms with Gasteiger partial charge in [0.1, 0.15) is 0 Å². The van der Waals surface area contributed by atoms with Crippen LogP contribution in [-0.2, 0) is 17.8 Å². The summed E-state index contributed by atoms with van der Waals surface area (Å²) in [5, 5.41) is 0. The fraction of sp³-hybridized carbons (Fsp3) is 0.565. The van der Waals surface area contributed by atoms with Gasteiger partial charge in [-0.25, -0.2) is 4.98 Å². The summed E-state index contributed by atoms with van der Waals surface area (Å²) in [4.78, 5) is 25.1. The molecule has 2 aliphatic rings. The standard InChI is InChI=1S/C23H33N5O2/c1-5-21-19(4)24-23-27(20-7-6-17(2)18(3)14-20)15-26(16-28(23)22(21)29)9-8-25-10-12-30-13-11-25/h6-7,14H,5,8-13,15-16H2,1-4H3. The van der Waals surface area contributed by atoms with Gasteiger partial charge < -0.3 is 4.74 Å². The van der Waals surface area contributed by atoms with Crippen molar-refractivity contribution in [3.05, 3.63) is 50.9 Å². The van der Waals surface area contributed by atoms with E-state index in [4.69, 9.17) is 9.72 Å². The van der Waals surface area contributed by atoms with Gasteiger partial charge in [0.05, 0.1) is 26.6 Å². The van der Waals surface area contributed by atoms with Crippen molar-refractivity contribution >= 4 is 11.6 Å². The van der Waals surface area contributed by atoms with Crippen molar-refractivity contribution in [3.8, 4) is 0 Å². The molecule has 1 fully saturated rings. The number of aryl methyl sites for hydroxylation is 3. The third kappa shape index (κ3) is 4.15. The molecule has 2 aliphatic heterocycles. The van der Waals surface area contributed by atoms with E-state index in [9.17, 15) is 4.79 Å². The Kier molecular flexibility index (Phi) is 6.22. The Morgan fingerprint density at radius 2 is 1.73 bits per heavy atom. The molecule has 0 saturated carbocycles. The zero-order valence-corrected chi connectivity index (χ0v) is 18.6. The Labute approximate surface area is 178 Å². The van der Waals surface area contributed by atoms with E-state index in [1.165, 1.54) is 11.1 Å². The number of anilines is 2. The second-order valence-corrected chi connectivity index (χ2v) is 8.39. The highest BCUT2D eigenvalue weighted by Crippen LogP contribution is 2.29. The van der Waals surface area contributed by atoms with Gasteiger partial charge in [-0.3, -0.25) is 24.1 Å². The van der Waals surface area contributed by atoms with Crippen LogP contribution in [0.25, 0.3) is 0 Å². The molecule has 0 unspecified atom stereocenters. The molecule has 30 heavy (non-hydrogen) atoms. The number of ether oxygens (including phenoxy) is 1. The molecular formula is C23H33N5O2. The molecule has 0 N–H and O–H groups in total. The highest BCUT2D eigenvalue weighted by Gasteiger charge is 2.28. The summed E-state index contributed by atoms with van der Waals surface area (Å²) in [6.07, 6.45) is 0.704. The van der Waals surface area contributed by atoms with Crippen LogP contribution in [0, 0.1) is 20.8 Å². The van der Waals surface area contributed by atoms with Crippen LogP contribution in [-0.4, -0.2) is 65.4 Å². The van der Waals surface area contributed by atoms with Gasteiger partial charge >= 0.3 is 0 Å². The number of hydrogen-bond donors (Lipinski definition) is 0. The molecular weight excluding hydrogens is 378 g/mol. The average molecular weight is 412 g/mol. The summed E-state index contributed by atoms with van der Waals surface area (Å²) in [6, 6.07) is 6.47. The summed E-state index contributed by atoms with van der Waals surface area (Å²) >= 11 is 0. The lowest BCUT2D eigenvalue weighted by molar-refractivity contribution is 0.0310. The predicted molar refractivity (Wildman–Crippen MR) is 119 cm³/mol. The topological polar surface area (TPSA) is 53.8 Å². The van der Waals surface area contributed by atoms with Crippen molar-refractivity contribution in [2.75, 3.05) is 51.0 Å². The highest BCUT2D eigenvalue weighted by atomic mass is 16.5. The number of hydrogen-bond acceptors (Lipinski definition) is 6. The molecule has 7 heteroatoms. The van der Waals surface area contributed by atoms with Gasteiger partial charge in [0.25, 0.3) is 5.56 Å². The first-order valence-corrected chi connectivity index (χ1v) is 11.0. The van der Waals surface area contributed by atoms with Crippen molar-refractivity contribution in [3.63, 3.8) is 0 Å². The molecule has 0 bridgehead atoms. The molecule has 1 aromatic carbocycles. The van der Waals surface area contributed by atoms with Crippen molar-refractivity contribution < 1.29 is 4.74 Å². The molecule has 1 saturated heterocycles. The van der Waals surface area contributed by atoms with E-state index in [1.54, 1.807) is 0 Å². The van der Waals surface area contributed by atoms with Gasteiger partial charge in [-0.15, -0.1) is 0 Å². The van der Waals surface area contributed by atoms with Gasteiger partial charge in [-0.1, -0.05) is 13.0 Å². The van der Waals surface area contributed by atoms with Crippen molar-refractivity contribution in [2.45, 2.75) is 40.8 Å². The minimum Gasteiger partial charge on any atom is -0.379 e. The zero-order valence-electron chi connectivity index (χ0n) is 18.6. The normalized spacial score (nSPS) is 17.9. The molecule has 0 radical (unpaired) electrons. The van der Waals surface area contributed by atoms with Gasteiger partial charge in [0.2, 0.25) is 5.95 Å². The Bertz CT molecular complexity index is 965. The summed E-state index contributed by atoms with van der Waals surface area (Å²) in [5.74, 6) is 0.751. The fourth-order valence-corrected chi connectivity index (χ4v) is 4.27. The molecule has 4 rings (SSSR count). The third-order valence-corrected chi connectivity index (χ3v) is 6.37. The molecule has 1 aromatic heterocycles. The van der Waals surface area contributed by atoms with E-state index < -0.39 is 0 Å². The Morgan fingerprint density at radius 3 is 2.43 bits per heavy atom. The SMILES string of the molecule is CCc1c(C)nc2n(c1=O)CN(CCN1CCOCC1)CN2c1ccc(C)c(C)c1. The molecule has 162 valence electrons. The van der Waals surface area contributed by atoms with Crippen LogP contribution in [0.1, 0.15) is 29.3 Å². The van der Waals surface area contributed by atoms with E-state index in [-0.39, 0.29) is 5.56 Å². The first kappa shape index (κ1) is 21.0. The Hall–Kier alpha value is -2.22.